The maximum Gasteiger partial charge on any atom is 0.326 e. The molecule has 4 atom stereocenters. The van der Waals surface area contributed by atoms with Crippen molar-refractivity contribution in [2.45, 2.75) is 57.7 Å². The van der Waals surface area contributed by atoms with E-state index in [9.17, 15) is 14.7 Å². The number of amides is 1. The van der Waals surface area contributed by atoms with Gasteiger partial charge >= 0.3 is 5.97 Å². The van der Waals surface area contributed by atoms with Crippen molar-refractivity contribution < 1.29 is 14.7 Å². The van der Waals surface area contributed by atoms with E-state index in [1.807, 2.05) is 13.8 Å². The molecule has 4 unspecified atom stereocenters. The van der Waals surface area contributed by atoms with Crippen molar-refractivity contribution in [3.8, 4) is 0 Å². The van der Waals surface area contributed by atoms with Crippen molar-refractivity contribution in [2.75, 3.05) is 6.54 Å². The summed E-state index contributed by atoms with van der Waals surface area (Å²) in [6.07, 6.45) is 3.21. The largest absolute Gasteiger partial charge is 0.480 e. The summed E-state index contributed by atoms with van der Waals surface area (Å²) in [5, 5.41) is 15.0. The van der Waals surface area contributed by atoms with Crippen LogP contribution in [0.4, 0.5) is 0 Å². The maximum absolute atomic E-state index is 11.9. The molecule has 6 heteroatoms. The minimum atomic E-state index is -1.00. The van der Waals surface area contributed by atoms with Crippen molar-refractivity contribution in [1.29, 1.82) is 0 Å². The minimum Gasteiger partial charge on any atom is -0.480 e. The molecule has 1 saturated heterocycles. The first-order valence-corrected chi connectivity index (χ1v) is 6.97. The third-order valence-corrected chi connectivity index (χ3v) is 3.86. The molecule has 1 fully saturated rings. The Morgan fingerprint density at radius 3 is 2.68 bits per heavy atom. The summed E-state index contributed by atoms with van der Waals surface area (Å²) in [4.78, 5) is 23.1. The highest BCUT2D eigenvalue weighted by atomic mass is 16.4. The molecule has 0 aromatic carbocycles. The van der Waals surface area contributed by atoms with Crippen molar-refractivity contribution in [3.63, 3.8) is 0 Å². The summed E-state index contributed by atoms with van der Waals surface area (Å²) in [5.74, 6) is -1.34. The SMILES string of the molecule is CCC(C)C(N)C(=O)NC(CC1CCCN1)C(=O)O. The summed E-state index contributed by atoms with van der Waals surface area (Å²) in [6.45, 7) is 4.75. The monoisotopic (exact) mass is 271 g/mol. The third-order valence-electron chi connectivity index (χ3n) is 3.86. The fourth-order valence-electron chi connectivity index (χ4n) is 2.24. The van der Waals surface area contributed by atoms with E-state index in [4.69, 9.17) is 5.73 Å². The highest BCUT2D eigenvalue weighted by Gasteiger charge is 2.28. The molecular formula is C13H25N3O3. The van der Waals surface area contributed by atoms with Gasteiger partial charge < -0.3 is 21.5 Å². The normalized spacial score (nSPS) is 23.6. The lowest BCUT2D eigenvalue weighted by Crippen LogP contribution is -2.52. The Morgan fingerprint density at radius 2 is 2.21 bits per heavy atom. The molecule has 0 radical (unpaired) electrons. The van der Waals surface area contributed by atoms with Crippen LogP contribution in [0.1, 0.15) is 39.5 Å². The predicted octanol–water partition coefficient (Wildman–Crippen LogP) is 0.0713. The molecule has 0 aromatic rings. The van der Waals surface area contributed by atoms with Crippen LogP contribution in [0.15, 0.2) is 0 Å². The van der Waals surface area contributed by atoms with Crippen LogP contribution in [-0.4, -0.2) is 41.7 Å². The second kappa shape index (κ2) is 7.45. The zero-order valence-corrected chi connectivity index (χ0v) is 11.7. The molecule has 5 N–H and O–H groups in total. The van der Waals surface area contributed by atoms with Crippen molar-refractivity contribution in [1.82, 2.24) is 10.6 Å². The maximum atomic E-state index is 11.9. The highest BCUT2D eigenvalue weighted by Crippen LogP contribution is 2.12. The quantitative estimate of drug-likeness (QED) is 0.524. The summed E-state index contributed by atoms with van der Waals surface area (Å²) in [5.41, 5.74) is 5.81. The van der Waals surface area contributed by atoms with E-state index < -0.39 is 18.1 Å². The van der Waals surface area contributed by atoms with E-state index in [1.165, 1.54) is 0 Å². The van der Waals surface area contributed by atoms with Gasteiger partial charge in [-0.15, -0.1) is 0 Å². The van der Waals surface area contributed by atoms with E-state index in [2.05, 4.69) is 10.6 Å². The number of rotatable bonds is 7. The van der Waals surface area contributed by atoms with E-state index >= 15 is 0 Å². The number of aliphatic carboxylic acids is 1. The molecule has 1 aliphatic heterocycles. The van der Waals surface area contributed by atoms with Gasteiger partial charge in [-0.3, -0.25) is 4.79 Å². The molecule has 6 nitrogen and oxygen atoms in total. The smallest absolute Gasteiger partial charge is 0.326 e. The van der Waals surface area contributed by atoms with Crippen LogP contribution in [0.5, 0.6) is 0 Å². The second-order valence-electron chi connectivity index (χ2n) is 5.34. The van der Waals surface area contributed by atoms with E-state index in [1.54, 1.807) is 0 Å². The number of carbonyl (C=O) groups excluding carboxylic acids is 1. The lowest BCUT2D eigenvalue weighted by atomic mass is 9.98. The van der Waals surface area contributed by atoms with E-state index in [-0.39, 0.29) is 17.9 Å². The van der Waals surface area contributed by atoms with Crippen LogP contribution in [0.3, 0.4) is 0 Å². The average molecular weight is 271 g/mol. The minimum absolute atomic E-state index is 0.0408. The molecule has 1 aliphatic rings. The molecule has 19 heavy (non-hydrogen) atoms. The number of nitrogens with two attached hydrogens (primary N) is 1. The first-order chi connectivity index (χ1) is 8.95. The summed E-state index contributed by atoms with van der Waals surface area (Å²) in [7, 11) is 0. The third kappa shape index (κ3) is 4.80. The molecule has 0 saturated carbocycles. The van der Waals surface area contributed by atoms with Gasteiger partial charge in [0.05, 0.1) is 6.04 Å². The fraction of sp³-hybridized carbons (Fsp3) is 0.846. The number of hydrogen-bond acceptors (Lipinski definition) is 4. The molecule has 0 bridgehead atoms. The molecule has 110 valence electrons. The van der Waals surface area contributed by atoms with Gasteiger partial charge in [-0.25, -0.2) is 4.79 Å². The van der Waals surface area contributed by atoms with Gasteiger partial charge in [0.1, 0.15) is 6.04 Å². The Bertz CT molecular complexity index is 316. The number of hydrogen-bond donors (Lipinski definition) is 4. The van der Waals surface area contributed by atoms with Crippen molar-refractivity contribution in [3.05, 3.63) is 0 Å². The zero-order valence-electron chi connectivity index (χ0n) is 11.7. The van der Waals surface area contributed by atoms with Crippen molar-refractivity contribution >= 4 is 11.9 Å². The van der Waals surface area contributed by atoms with Crippen LogP contribution < -0.4 is 16.4 Å². The molecule has 0 aliphatic carbocycles. The Hall–Kier alpha value is -1.14. The Morgan fingerprint density at radius 1 is 1.53 bits per heavy atom. The van der Waals surface area contributed by atoms with Crippen LogP contribution in [0.2, 0.25) is 0 Å². The fourth-order valence-corrected chi connectivity index (χ4v) is 2.24. The van der Waals surface area contributed by atoms with Gasteiger partial charge in [-0.05, 0) is 31.7 Å². The van der Waals surface area contributed by atoms with E-state index in [0.29, 0.717) is 6.42 Å². The number of nitrogens with one attached hydrogen (secondary N) is 2. The molecule has 1 rings (SSSR count). The molecule has 1 heterocycles. The van der Waals surface area contributed by atoms with Gasteiger partial charge in [0, 0.05) is 6.04 Å². The van der Waals surface area contributed by atoms with E-state index in [0.717, 1.165) is 25.8 Å². The summed E-state index contributed by atoms with van der Waals surface area (Å²) in [6, 6.07) is -1.34. The predicted molar refractivity (Wildman–Crippen MR) is 72.6 cm³/mol. The first kappa shape index (κ1) is 15.9. The Balaban J connectivity index is 2.52. The number of carbonyl (C=O) groups is 2. The molecule has 0 spiro atoms. The van der Waals surface area contributed by atoms with Crippen LogP contribution in [0, 0.1) is 5.92 Å². The highest BCUT2D eigenvalue weighted by molar-refractivity contribution is 5.86. The lowest BCUT2D eigenvalue weighted by molar-refractivity contribution is -0.142. The van der Waals surface area contributed by atoms with Crippen LogP contribution in [0.25, 0.3) is 0 Å². The topological polar surface area (TPSA) is 104 Å². The van der Waals surface area contributed by atoms with Crippen molar-refractivity contribution in [2.24, 2.45) is 11.7 Å². The zero-order chi connectivity index (χ0) is 14.4. The number of carboxylic acids is 1. The number of carboxylic acid groups (broad SMARTS) is 1. The molecule has 0 aromatic heterocycles. The second-order valence-corrected chi connectivity index (χ2v) is 5.34. The molecule has 1 amide bonds. The van der Waals surface area contributed by atoms with Crippen LogP contribution in [-0.2, 0) is 9.59 Å². The van der Waals surface area contributed by atoms with Gasteiger partial charge in [-0.2, -0.15) is 0 Å². The van der Waals surface area contributed by atoms with Gasteiger partial charge in [0.25, 0.3) is 0 Å². The van der Waals surface area contributed by atoms with Crippen LogP contribution >= 0.6 is 0 Å². The van der Waals surface area contributed by atoms with Gasteiger partial charge in [0.2, 0.25) is 5.91 Å². The summed E-state index contributed by atoms with van der Waals surface area (Å²) >= 11 is 0. The lowest BCUT2D eigenvalue weighted by Gasteiger charge is -2.23. The Kier molecular flexibility index (Phi) is 6.24. The van der Waals surface area contributed by atoms with Gasteiger partial charge in [0.15, 0.2) is 0 Å². The molecular weight excluding hydrogens is 246 g/mol. The standard InChI is InChI=1S/C13H25N3O3/c1-3-8(2)11(14)12(17)16-10(13(18)19)7-9-5-4-6-15-9/h8-11,15H,3-7,14H2,1-2H3,(H,16,17)(H,18,19). The Labute approximate surface area is 114 Å². The first-order valence-electron chi connectivity index (χ1n) is 6.97. The van der Waals surface area contributed by atoms with Gasteiger partial charge in [-0.1, -0.05) is 20.3 Å². The summed E-state index contributed by atoms with van der Waals surface area (Å²) < 4.78 is 0. The average Bonchev–Trinajstić information content (AvgIpc) is 2.88.